The Hall–Kier alpha value is -3.09. The van der Waals surface area contributed by atoms with Gasteiger partial charge >= 0.3 is 5.69 Å². The van der Waals surface area contributed by atoms with E-state index >= 15 is 0 Å². The number of aromatic hydroxyl groups is 1. The lowest BCUT2D eigenvalue weighted by atomic mass is 10.0. The molecule has 0 aliphatic carbocycles. The third-order valence-electron chi connectivity index (χ3n) is 3.73. The van der Waals surface area contributed by atoms with Crippen molar-refractivity contribution >= 4 is 5.71 Å². The third-order valence-corrected chi connectivity index (χ3v) is 3.73. The summed E-state index contributed by atoms with van der Waals surface area (Å²) in [4.78, 5) is 26.0. The van der Waals surface area contributed by atoms with Crippen molar-refractivity contribution in [1.29, 1.82) is 0 Å². The number of hydrazone groups is 1. The minimum Gasteiger partial charge on any atom is -0.494 e. The first kappa shape index (κ1) is 14.8. The average molecular weight is 312 g/mol. The van der Waals surface area contributed by atoms with Crippen molar-refractivity contribution in [3.8, 4) is 5.88 Å². The van der Waals surface area contributed by atoms with E-state index in [0.29, 0.717) is 12.1 Å². The van der Waals surface area contributed by atoms with Gasteiger partial charge in [0.2, 0.25) is 5.88 Å². The number of hydrogen-bond acceptors (Lipinski definition) is 5. The smallest absolute Gasteiger partial charge is 0.331 e. The lowest BCUT2D eigenvalue weighted by Crippen LogP contribution is -2.33. The minimum absolute atomic E-state index is 0.0115. The van der Waals surface area contributed by atoms with E-state index < -0.39 is 17.1 Å². The second-order valence-electron chi connectivity index (χ2n) is 5.21. The van der Waals surface area contributed by atoms with Crippen molar-refractivity contribution in [3.05, 3.63) is 75.0 Å². The summed E-state index contributed by atoms with van der Waals surface area (Å²) in [5.41, 5.74) is 3.08. The van der Waals surface area contributed by atoms with Crippen LogP contribution < -0.4 is 16.7 Å². The van der Waals surface area contributed by atoms with Crippen LogP contribution in [0.5, 0.6) is 5.88 Å². The lowest BCUT2D eigenvalue weighted by Gasteiger charge is -2.11. The molecule has 0 fully saturated rings. The van der Waals surface area contributed by atoms with Crippen LogP contribution in [-0.2, 0) is 6.54 Å². The van der Waals surface area contributed by atoms with E-state index in [1.807, 2.05) is 30.3 Å². The molecule has 1 aromatic carbocycles. The normalized spacial score (nSPS) is 16.7. The zero-order valence-corrected chi connectivity index (χ0v) is 12.3. The molecule has 7 nitrogen and oxygen atoms in total. The summed E-state index contributed by atoms with van der Waals surface area (Å²) < 4.78 is 1.04. The number of rotatable bonds is 4. The summed E-state index contributed by atoms with van der Waals surface area (Å²) in [5, 5.41) is 14.4. The first-order chi connectivity index (χ1) is 11.1. The Bertz CT molecular complexity index is 880. The quantitative estimate of drug-likeness (QED) is 0.729. The fraction of sp³-hybridized carbons (Fsp3) is 0.188. The number of aromatic amines is 1. The number of aromatic nitrogens is 2. The maximum Gasteiger partial charge on any atom is 0.331 e. The summed E-state index contributed by atoms with van der Waals surface area (Å²) in [5.74, 6) is -0.395. The Morgan fingerprint density at radius 1 is 1.35 bits per heavy atom. The summed E-state index contributed by atoms with van der Waals surface area (Å²) in [6.45, 7) is 3.63. The van der Waals surface area contributed by atoms with Gasteiger partial charge in [-0.05, 0) is 5.56 Å². The van der Waals surface area contributed by atoms with E-state index in [9.17, 15) is 14.7 Å². The number of nitrogens with zero attached hydrogens (tertiary/aromatic N) is 2. The second-order valence-corrected chi connectivity index (χ2v) is 5.21. The first-order valence-electron chi connectivity index (χ1n) is 7.16. The van der Waals surface area contributed by atoms with E-state index in [1.165, 1.54) is 6.08 Å². The Labute approximate surface area is 131 Å². The molecule has 0 radical (unpaired) electrons. The van der Waals surface area contributed by atoms with Crippen molar-refractivity contribution in [1.82, 2.24) is 15.0 Å². The molecule has 0 bridgehead atoms. The van der Waals surface area contributed by atoms with Gasteiger partial charge < -0.3 is 10.5 Å². The molecule has 7 heteroatoms. The van der Waals surface area contributed by atoms with E-state index in [0.717, 1.165) is 10.1 Å². The molecule has 3 rings (SSSR count). The van der Waals surface area contributed by atoms with Crippen molar-refractivity contribution < 1.29 is 5.11 Å². The Kier molecular flexibility index (Phi) is 3.84. The highest BCUT2D eigenvalue weighted by Crippen LogP contribution is 2.25. The van der Waals surface area contributed by atoms with Crippen molar-refractivity contribution in [3.63, 3.8) is 0 Å². The maximum absolute atomic E-state index is 12.1. The number of benzene rings is 1. The van der Waals surface area contributed by atoms with Gasteiger partial charge in [-0.3, -0.25) is 14.3 Å². The lowest BCUT2D eigenvalue weighted by molar-refractivity contribution is 0.409. The molecule has 1 atom stereocenters. The molecule has 0 saturated heterocycles. The monoisotopic (exact) mass is 312 g/mol. The van der Waals surface area contributed by atoms with Crippen LogP contribution >= 0.6 is 0 Å². The molecule has 2 aromatic rings. The number of allylic oxidation sites excluding steroid dienone is 1. The fourth-order valence-corrected chi connectivity index (χ4v) is 2.59. The zero-order valence-electron chi connectivity index (χ0n) is 12.3. The van der Waals surface area contributed by atoms with Crippen molar-refractivity contribution in [2.45, 2.75) is 19.0 Å². The standard InChI is InChI=1S/C16H16N4O3/c1-2-8-20-15(22)13(14(21)17-16(20)23)12-9-11(18-19-12)10-6-4-3-5-7-10/h2-7,11,18,22H,1,8-9H2,(H,17,21,23). The summed E-state index contributed by atoms with van der Waals surface area (Å²) >= 11 is 0. The van der Waals surface area contributed by atoms with Crippen LogP contribution in [0.3, 0.4) is 0 Å². The molecular formula is C16H16N4O3. The highest BCUT2D eigenvalue weighted by molar-refractivity contribution is 6.03. The predicted octanol–water partition coefficient (Wildman–Crippen LogP) is 0.867. The van der Waals surface area contributed by atoms with E-state index in [1.54, 1.807) is 0 Å². The van der Waals surface area contributed by atoms with E-state index in [4.69, 9.17) is 0 Å². The summed E-state index contributed by atoms with van der Waals surface area (Å²) in [7, 11) is 0. The summed E-state index contributed by atoms with van der Waals surface area (Å²) in [6, 6.07) is 9.59. The molecule has 1 aliphatic rings. The SMILES string of the molecule is C=CCn1c(O)c(C2=NNC(c3ccccc3)C2)c(=O)[nH]c1=O. The highest BCUT2D eigenvalue weighted by Gasteiger charge is 2.26. The third kappa shape index (κ3) is 2.68. The van der Waals surface area contributed by atoms with Crippen LogP contribution in [0.4, 0.5) is 0 Å². The van der Waals surface area contributed by atoms with Crippen molar-refractivity contribution in [2.24, 2.45) is 5.10 Å². The molecule has 0 saturated carbocycles. The van der Waals surface area contributed by atoms with Gasteiger partial charge in [-0.2, -0.15) is 5.10 Å². The maximum atomic E-state index is 12.1. The van der Waals surface area contributed by atoms with Gasteiger partial charge in [0.05, 0.1) is 11.8 Å². The van der Waals surface area contributed by atoms with Crippen molar-refractivity contribution in [2.75, 3.05) is 0 Å². The molecular weight excluding hydrogens is 296 g/mol. The highest BCUT2D eigenvalue weighted by atomic mass is 16.3. The zero-order chi connectivity index (χ0) is 16.4. The fourth-order valence-electron chi connectivity index (χ4n) is 2.59. The molecule has 3 N–H and O–H groups in total. The largest absolute Gasteiger partial charge is 0.494 e. The van der Waals surface area contributed by atoms with Gasteiger partial charge in [0.1, 0.15) is 5.56 Å². The first-order valence-corrected chi connectivity index (χ1v) is 7.16. The second kappa shape index (κ2) is 5.96. The number of H-pyrrole nitrogens is 1. The van der Waals surface area contributed by atoms with Gasteiger partial charge in [-0.15, -0.1) is 6.58 Å². The molecule has 118 valence electrons. The topological polar surface area (TPSA) is 99.5 Å². The van der Waals surface area contributed by atoms with Crippen LogP contribution in [0.25, 0.3) is 0 Å². The molecule has 23 heavy (non-hydrogen) atoms. The Morgan fingerprint density at radius 2 is 2.09 bits per heavy atom. The molecule has 0 amide bonds. The molecule has 2 heterocycles. The summed E-state index contributed by atoms with van der Waals surface area (Å²) in [6.07, 6.45) is 1.90. The van der Waals surface area contributed by atoms with Crippen LogP contribution in [0.15, 0.2) is 57.7 Å². The average Bonchev–Trinajstić information content (AvgIpc) is 3.02. The van der Waals surface area contributed by atoms with Gasteiger partial charge in [-0.1, -0.05) is 36.4 Å². The van der Waals surface area contributed by atoms with Crippen LogP contribution in [-0.4, -0.2) is 20.4 Å². The van der Waals surface area contributed by atoms with Crippen LogP contribution in [0, 0.1) is 0 Å². The van der Waals surface area contributed by atoms with Gasteiger partial charge in [0, 0.05) is 13.0 Å². The molecule has 1 aromatic heterocycles. The number of nitrogens with one attached hydrogen (secondary N) is 2. The Balaban J connectivity index is 1.97. The van der Waals surface area contributed by atoms with E-state index in [-0.39, 0.29) is 18.2 Å². The number of hydrogen-bond donors (Lipinski definition) is 3. The minimum atomic E-state index is -0.678. The van der Waals surface area contributed by atoms with Crippen LogP contribution in [0.1, 0.15) is 23.6 Å². The molecule has 0 spiro atoms. The Morgan fingerprint density at radius 3 is 2.78 bits per heavy atom. The van der Waals surface area contributed by atoms with Gasteiger partial charge in [0.25, 0.3) is 5.56 Å². The van der Waals surface area contributed by atoms with Crippen LogP contribution in [0.2, 0.25) is 0 Å². The van der Waals surface area contributed by atoms with Gasteiger partial charge in [-0.25, -0.2) is 4.79 Å². The van der Waals surface area contributed by atoms with Gasteiger partial charge in [0.15, 0.2) is 0 Å². The molecule has 1 aliphatic heterocycles. The van der Waals surface area contributed by atoms with E-state index in [2.05, 4.69) is 22.1 Å². The predicted molar refractivity (Wildman–Crippen MR) is 86.7 cm³/mol. The molecule has 1 unspecified atom stereocenters.